The molecule has 0 saturated heterocycles. The van der Waals surface area contributed by atoms with Gasteiger partial charge in [-0.1, -0.05) is 23.7 Å². The number of pyridine rings is 1. The fourth-order valence-corrected chi connectivity index (χ4v) is 4.29. The van der Waals surface area contributed by atoms with Gasteiger partial charge in [-0.15, -0.1) is 0 Å². The molecule has 2 aromatic rings. The molecule has 0 bridgehead atoms. The number of hydrazine groups is 1. The molecule has 2 heterocycles. The molecule has 0 saturated carbocycles. The molecule has 3 N–H and O–H groups in total. The number of ether oxygens (including phenoxy) is 1. The molecule has 1 atom stereocenters. The molecule has 1 aromatic carbocycles. The van der Waals surface area contributed by atoms with E-state index in [0.29, 0.717) is 41.8 Å². The molecule has 162 valence electrons. The number of nitrogens with zero attached hydrogens (tertiary/aromatic N) is 3. The molecule has 32 heavy (non-hydrogen) atoms. The second-order valence-corrected chi connectivity index (χ2v) is 7.73. The quantitative estimate of drug-likeness (QED) is 0.687. The molecular formula is C23H20ClN5O3. The van der Waals surface area contributed by atoms with Crippen LogP contribution in [0.1, 0.15) is 41.1 Å². The Kier molecular flexibility index (Phi) is 5.84. The van der Waals surface area contributed by atoms with Gasteiger partial charge in [0.1, 0.15) is 16.7 Å². The highest BCUT2D eigenvalue weighted by molar-refractivity contribution is 6.32. The number of Topliss-reactive ketones (excluding diaryl/α,β-unsaturated/α-hetero) is 1. The highest BCUT2D eigenvalue weighted by Gasteiger charge is 2.40. The number of hydrogen-bond acceptors (Lipinski definition) is 7. The van der Waals surface area contributed by atoms with Crippen molar-refractivity contribution in [1.29, 1.82) is 5.26 Å². The summed E-state index contributed by atoms with van der Waals surface area (Å²) >= 11 is 6.06. The highest BCUT2D eigenvalue weighted by Crippen LogP contribution is 2.44. The molecule has 2 aliphatic rings. The number of rotatable bonds is 4. The lowest BCUT2D eigenvalue weighted by Crippen LogP contribution is -2.48. The lowest BCUT2D eigenvalue weighted by Gasteiger charge is -2.39. The molecule has 0 radical (unpaired) electrons. The molecule has 1 amide bonds. The van der Waals surface area contributed by atoms with E-state index in [-0.39, 0.29) is 27.9 Å². The number of methoxy groups -OCH3 is 1. The topological polar surface area (TPSA) is 121 Å². The minimum absolute atomic E-state index is 0.0354. The molecule has 0 spiro atoms. The molecule has 9 heteroatoms. The number of halogens is 1. The second kappa shape index (κ2) is 8.73. The van der Waals surface area contributed by atoms with Crippen LogP contribution in [0, 0.1) is 11.3 Å². The van der Waals surface area contributed by atoms with Crippen molar-refractivity contribution in [2.24, 2.45) is 5.73 Å². The number of hydrogen-bond donors (Lipinski definition) is 2. The zero-order valence-corrected chi connectivity index (χ0v) is 18.0. The average Bonchev–Trinajstić information content (AvgIpc) is 2.80. The largest absolute Gasteiger partial charge is 0.497 e. The first-order valence-corrected chi connectivity index (χ1v) is 10.4. The Labute approximate surface area is 189 Å². The summed E-state index contributed by atoms with van der Waals surface area (Å²) in [6, 6.07) is 12.5. The Morgan fingerprint density at radius 1 is 1.34 bits per heavy atom. The Hall–Kier alpha value is -3.83. The zero-order valence-electron chi connectivity index (χ0n) is 17.3. The number of carbonyl (C=O) groups excluding carboxylic acids is 2. The molecule has 1 unspecified atom stereocenters. The van der Waals surface area contributed by atoms with Crippen molar-refractivity contribution < 1.29 is 14.3 Å². The van der Waals surface area contributed by atoms with Gasteiger partial charge in [-0.25, -0.2) is 9.99 Å². The number of ketones is 1. The monoisotopic (exact) mass is 449 g/mol. The van der Waals surface area contributed by atoms with Crippen LogP contribution in [0.3, 0.4) is 0 Å². The van der Waals surface area contributed by atoms with Gasteiger partial charge in [0.25, 0.3) is 5.91 Å². The molecule has 0 fully saturated rings. The number of aromatic nitrogens is 1. The van der Waals surface area contributed by atoms with Crippen molar-refractivity contribution in [2.45, 2.75) is 25.2 Å². The van der Waals surface area contributed by atoms with E-state index in [4.69, 9.17) is 22.1 Å². The summed E-state index contributed by atoms with van der Waals surface area (Å²) in [4.78, 5) is 29.9. The smallest absolute Gasteiger partial charge is 0.273 e. The summed E-state index contributed by atoms with van der Waals surface area (Å²) in [5.74, 6) is -0.619. The van der Waals surface area contributed by atoms with E-state index in [1.807, 2.05) is 6.07 Å². The van der Waals surface area contributed by atoms with Gasteiger partial charge in [0.2, 0.25) is 0 Å². The lowest BCUT2D eigenvalue weighted by atomic mass is 9.76. The maximum Gasteiger partial charge on any atom is 0.273 e. The van der Waals surface area contributed by atoms with Gasteiger partial charge in [0.05, 0.1) is 30.2 Å². The van der Waals surface area contributed by atoms with Gasteiger partial charge in [0.15, 0.2) is 5.78 Å². The third-order valence-electron chi connectivity index (χ3n) is 5.56. The SMILES string of the molecule is COc1cccc(C2C(C#N)=C(N)N(NC(=O)c3cccnc3Cl)C3=C2C(=O)CCC3)c1. The number of amides is 1. The van der Waals surface area contributed by atoms with Crippen molar-refractivity contribution in [3.8, 4) is 11.8 Å². The maximum atomic E-state index is 13.1. The van der Waals surface area contributed by atoms with Gasteiger partial charge in [-0.3, -0.25) is 15.0 Å². The second-order valence-electron chi connectivity index (χ2n) is 7.38. The molecule has 1 aliphatic heterocycles. The number of nitriles is 1. The van der Waals surface area contributed by atoms with E-state index in [1.54, 1.807) is 31.4 Å². The first kappa shape index (κ1) is 21.4. The van der Waals surface area contributed by atoms with Crippen molar-refractivity contribution in [1.82, 2.24) is 15.4 Å². The molecule has 4 rings (SSSR count). The first-order valence-electron chi connectivity index (χ1n) is 9.97. The predicted molar refractivity (Wildman–Crippen MR) is 117 cm³/mol. The van der Waals surface area contributed by atoms with Crippen LogP contribution in [0.25, 0.3) is 0 Å². The Morgan fingerprint density at radius 2 is 2.16 bits per heavy atom. The standard InChI is InChI=1S/C23H20ClN5O3/c1-32-14-6-2-5-13(11-14)19-16(12-25)22(26)29(17-8-3-9-18(30)20(17)19)28-23(31)15-7-4-10-27-21(15)24/h2,4-7,10-11,19H,3,8-9,26H2,1H3,(H,28,31). The maximum absolute atomic E-state index is 13.1. The van der Waals surface area contributed by atoms with E-state index in [9.17, 15) is 14.9 Å². The number of nitrogens with two attached hydrogens (primary N) is 1. The number of nitrogens with one attached hydrogen (secondary N) is 1. The van der Waals surface area contributed by atoms with E-state index in [1.165, 1.54) is 17.3 Å². The minimum atomic E-state index is -0.645. The molecule has 8 nitrogen and oxygen atoms in total. The zero-order chi connectivity index (χ0) is 22.8. The van der Waals surface area contributed by atoms with E-state index < -0.39 is 11.8 Å². The van der Waals surface area contributed by atoms with Crippen molar-refractivity contribution in [3.05, 3.63) is 81.5 Å². The van der Waals surface area contributed by atoms with Gasteiger partial charge in [-0.05, 0) is 42.7 Å². The van der Waals surface area contributed by atoms with Gasteiger partial charge in [0, 0.05) is 23.9 Å². The average molecular weight is 450 g/mol. The van der Waals surface area contributed by atoms with Gasteiger partial charge >= 0.3 is 0 Å². The summed E-state index contributed by atoms with van der Waals surface area (Å²) in [5.41, 5.74) is 11.2. The number of allylic oxidation sites excluding steroid dienone is 3. The molecular weight excluding hydrogens is 430 g/mol. The molecule has 1 aliphatic carbocycles. The number of carbonyl (C=O) groups is 2. The highest BCUT2D eigenvalue weighted by atomic mass is 35.5. The predicted octanol–water partition coefficient (Wildman–Crippen LogP) is 3.19. The summed E-state index contributed by atoms with van der Waals surface area (Å²) < 4.78 is 5.32. The summed E-state index contributed by atoms with van der Waals surface area (Å²) in [7, 11) is 1.55. The van der Waals surface area contributed by atoms with Crippen LogP contribution in [0.4, 0.5) is 0 Å². The van der Waals surface area contributed by atoms with Crippen molar-refractivity contribution in [2.75, 3.05) is 7.11 Å². The molecule has 1 aromatic heterocycles. The minimum Gasteiger partial charge on any atom is -0.497 e. The van der Waals surface area contributed by atoms with Crippen molar-refractivity contribution >= 4 is 23.3 Å². The van der Waals surface area contributed by atoms with Crippen LogP contribution in [-0.4, -0.2) is 28.8 Å². The fourth-order valence-electron chi connectivity index (χ4n) is 4.09. The van der Waals surface area contributed by atoms with Crippen LogP contribution in [0.5, 0.6) is 5.75 Å². The third kappa shape index (κ3) is 3.67. The van der Waals surface area contributed by atoms with E-state index >= 15 is 0 Å². The van der Waals surface area contributed by atoms with Gasteiger partial charge in [-0.2, -0.15) is 5.26 Å². The van der Waals surface area contributed by atoms with Crippen LogP contribution in [0.2, 0.25) is 5.15 Å². The number of benzene rings is 1. The third-order valence-corrected chi connectivity index (χ3v) is 5.86. The Morgan fingerprint density at radius 3 is 2.88 bits per heavy atom. The van der Waals surface area contributed by atoms with Crippen molar-refractivity contribution in [3.63, 3.8) is 0 Å². The van der Waals surface area contributed by atoms with Gasteiger partial charge < -0.3 is 10.5 Å². The normalized spacial score (nSPS) is 18.2. The van der Waals surface area contributed by atoms with Crippen LogP contribution in [0.15, 0.2) is 65.3 Å². The van der Waals surface area contributed by atoms with Crippen LogP contribution >= 0.6 is 11.6 Å². The Balaban J connectivity index is 1.83. The Bertz CT molecular complexity index is 1210. The van der Waals surface area contributed by atoms with E-state index in [0.717, 1.165) is 0 Å². The first-order chi connectivity index (χ1) is 15.5. The van der Waals surface area contributed by atoms with Crippen LogP contribution < -0.4 is 15.9 Å². The summed E-state index contributed by atoms with van der Waals surface area (Å²) in [5, 5.41) is 11.4. The summed E-state index contributed by atoms with van der Waals surface area (Å²) in [6.45, 7) is 0. The lowest BCUT2D eigenvalue weighted by molar-refractivity contribution is -0.116. The summed E-state index contributed by atoms with van der Waals surface area (Å²) in [6.07, 6.45) is 2.95. The van der Waals surface area contributed by atoms with Crippen LogP contribution in [-0.2, 0) is 4.79 Å². The fraction of sp³-hybridized carbons (Fsp3) is 0.217. The van der Waals surface area contributed by atoms with E-state index in [2.05, 4.69) is 16.5 Å².